The van der Waals surface area contributed by atoms with Crippen molar-refractivity contribution in [1.29, 1.82) is 0 Å². The molecule has 4 nitrogen and oxygen atoms in total. The van der Waals surface area contributed by atoms with Crippen LogP contribution in [-0.2, 0) is 16.6 Å². The standard InChI is InChI=1S/C15H27NO3S2/c1-12(2)8-6-4-5-7-9-16-21(18,19)15-13(3)11-20-14(15)10-17/h11-12,16-17H,4-10H2,1-3H3. The van der Waals surface area contributed by atoms with Gasteiger partial charge in [0.15, 0.2) is 0 Å². The molecule has 0 amide bonds. The zero-order chi connectivity index (χ0) is 15.9. The van der Waals surface area contributed by atoms with Crippen molar-refractivity contribution >= 4 is 21.4 Å². The fraction of sp³-hybridized carbons (Fsp3) is 0.733. The predicted molar refractivity (Wildman–Crippen MR) is 88.1 cm³/mol. The largest absolute Gasteiger partial charge is 0.391 e. The number of nitrogens with one attached hydrogen (secondary N) is 1. The molecule has 1 aromatic heterocycles. The van der Waals surface area contributed by atoms with Gasteiger partial charge in [0.05, 0.1) is 11.5 Å². The van der Waals surface area contributed by atoms with E-state index in [9.17, 15) is 13.5 Å². The second kappa shape index (κ2) is 8.88. The molecule has 2 N–H and O–H groups in total. The van der Waals surface area contributed by atoms with Crippen LogP contribution in [-0.4, -0.2) is 20.1 Å². The summed E-state index contributed by atoms with van der Waals surface area (Å²) in [5.74, 6) is 0.738. The molecule has 0 bridgehead atoms. The van der Waals surface area contributed by atoms with Crippen LogP contribution in [0.2, 0.25) is 0 Å². The van der Waals surface area contributed by atoms with E-state index >= 15 is 0 Å². The van der Waals surface area contributed by atoms with Crippen molar-refractivity contribution in [1.82, 2.24) is 4.72 Å². The lowest BCUT2D eigenvalue weighted by atomic mass is 10.0. The van der Waals surface area contributed by atoms with E-state index in [0.29, 0.717) is 17.0 Å². The maximum absolute atomic E-state index is 12.3. The minimum atomic E-state index is -3.50. The van der Waals surface area contributed by atoms with Crippen molar-refractivity contribution in [2.45, 2.75) is 64.4 Å². The van der Waals surface area contributed by atoms with Crippen molar-refractivity contribution in [2.75, 3.05) is 6.54 Å². The smallest absolute Gasteiger partial charge is 0.242 e. The van der Waals surface area contributed by atoms with Crippen LogP contribution in [0.3, 0.4) is 0 Å². The van der Waals surface area contributed by atoms with Gasteiger partial charge < -0.3 is 5.11 Å². The average molecular weight is 334 g/mol. The topological polar surface area (TPSA) is 66.4 Å². The van der Waals surface area contributed by atoms with Gasteiger partial charge in [0.1, 0.15) is 4.90 Å². The summed E-state index contributed by atoms with van der Waals surface area (Å²) in [6.45, 7) is 6.43. The zero-order valence-corrected chi connectivity index (χ0v) is 14.8. The molecule has 0 aliphatic heterocycles. The molecule has 0 spiro atoms. The van der Waals surface area contributed by atoms with Crippen LogP contribution in [0.5, 0.6) is 0 Å². The van der Waals surface area contributed by atoms with Gasteiger partial charge >= 0.3 is 0 Å². The number of sulfonamides is 1. The summed E-state index contributed by atoms with van der Waals surface area (Å²) in [7, 11) is -3.50. The Labute approximate surface area is 132 Å². The Balaban J connectivity index is 2.39. The maximum Gasteiger partial charge on any atom is 0.242 e. The second-order valence-electron chi connectivity index (χ2n) is 5.82. The quantitative estimate of drug-likeness (QED) is 0.645. The summed E-state index contributed by atoms with van der Waals surface area (Å²) in [5.41, 5.74) is 0.702. The highest BCUT2D eigenvalue weighted by Crippen LogP contribution is 2.26. The summed E-state index contributed by atoms with van der Waals surface area (Å²) < 4.78 is 27.2. The number of hydrogen-bond acceptors (Lipinski definition) is 4. The Morgan fingerprint density at radius 2 is 1.90 bits per heavy atom. The third-order valence-electron chi connectivity index (χ3n) is 3.40. The van der Waals surface area contributed by atoms with E-state index in [1.165, 1.54) is 24.2 Å². The van der Waals surface area contributed by atoms with Gasteiger partial charge in [-0.25, -0.2) is 13.1 Å². The number of aliphatic hydroxyl groups is 1. The average Bonchev–Trinajstić information content (AvgIpc) is 2.79. The van der Waals surface area contributed by atoms with Crippen molar-refractivity contribution in [3.05, 3.63) is 15.8 Å². The fourth-order valence-corrected chi connectivity index (χ4v) is 5.00. The number of aryl methyl sites for hydroxylation is 1. The van der Waals surface area contributed by atoms with Crippen LogP contribution in [0.4, 0.5) is 0 Å². The van der Waals surface area contributed by atoms with Crippen LogP contribution in [0.1, 0.15) is 56.4 Å². The molecule has 1 heterocycles. The van der Waals surface area contributed by atoms with Crippen molar-refractivity contribution in [2.24, 2.45) is 5.92 Å². The molecule has 0 fully saturated rings. The van der Waals surface area contributed by atoms with Crippen molar-refractivity contribution in [3.8, 4) is 0 Å². The Bertz CT molecular complexity index is 521. The highest BCUT2D eigenvalue weighted by Gasteiger charge is 2.21. The molecule has 1 rings (SSSR count). The fourth-order valence-electron chi connectivity index (χ4n) is 2.27. The highest BCUT2D eigenvalue weighted by atomic mass is 32.2. The van der Waals surface area contributed by atoms with Gasteiger partial charge in [0.25, 0.3) is 0 Å². The molecule has 0 aliphatic carbocycles. The lowest BCUT2D eigenvalue weighted by Gasteiger charge is -2.08. The minimum absolute atomic E-state index is 0.232. The molecule has 0 saturated carbocycles. The second-order valence-corrected chi connectivity index (χ2v) is 8.49. The van der Waals surface area contributed by atoms with E-state index < -0.39 is 10.0 Å². The summed E-state index contributed by atoms with van der Waals surface area (Å²) in [5, 5.41) is 11.0. The summed E-state index contributed by atoms with van der Waals surface area (Å²) in [6, 6.07) is 0. The SMILES string of the molecule is Cc1csc(CO)c1S(=O)(=O)NCCCCCCC(C)C. The first-order valence-electron chi connectivity index (χ1n) is 7.56. The molecule has 0 aliphatic rings. The van der Waals surface area contributed by atoms with E-state index in [-0.39, 0.29) is 11.5 Å². The Hall–Kier alpha value is -0.430. The van der Waals surface area contributed by atoms with Gasteiger partial charge in [-0.3, -0.25) is 0 Å². The van der Waals surface area contributed by atoms with Crippen molar-refractivity contribution in [3.63, 3.8) is 0 Å². The van der Waals surface area contributed by atoms with E-state index in [1.807, 2.05) is 0 Å². The molecule has 122 valence electrons. The maximum atomic E-state index is 12.3. The molecule has 0 unspecified atom stereocenters. The van der Waals surface area contributed by atoms with Gasteiger partial charge in [-0.1, -0.05) is 39.5 Å². The number of aliphatic hydroxyl groups excluding tert-OH is 1. The lowest BCUT2D eigenvalue weighted by Crippen LogP contribution is -2.25. The number of thiophene rings is 1. The van der Waals surface area contributed by atoms with Crippen LogP contribution in [0.25, 0.3) is 0 Å². The van der Waals surface area contributed by atoms with E-state index in [1.54, 1.807) is 12.3 Å². The van der Waals surface area contributed by atoms with Gasteiger partial charge in [-0.2, -0.15) is 0 Å². The van der Waals surface area contributed by atoms with Crippen LogP contribution in [0.15, 0.2) is 10.3 Å². The van der Waals surface area contributed by atoms with Crippen molar-refractivity contribution < 1.29 is 13.5 Å². The first-order valence-corrected chi connectivity index (χ1v) is 9.92. The first-order chi connectivity index (χ1) is 9.88. The number of unbranched alkanes of at least 4 members (excludes halogenated alkanes) is 3. The van der Waals surface area contributed by atoms with Gasteiger partial charge in [-0.15, -0.1) is 11.3 Å². The Morgan fingerprint density at radius 3 is 2.52 bits per heavy atom. The third-order valence-corrected chi connectivity index (χ3v) is 6.31. The monoisotopic (exact) mass is 333 g/mol. The Kier molecular flexibility index (Phi) is 7.87. The summed E-state index contributed by atoms with van der Waals surface area (Å²) in [4.78, 5) is 0.770. The number of rotatable bonds is 10. The van der Waals surface area contributed by atoms with Gasteiger partial charge in [0.2, 0.25) is 10.0 Å². The van der Waals surface area contributed by atoms with Gasteiger partial charge in [0, 0.05) is 6.54 Å². The first kappa shape index (κ1) is 18.6. The molecule has 0 atom stereocenters. The molecule has 21 heavy (non-hydrogen) atoms. The molecule has 0 radical (unpaired) electrons. The predicted octanol–water partition coefficient (Wildman–Crippen LogP) is 3.43. The van der Waals surface area contributed by atoms with Crippen LogP contribution < -0.4 is 4.72 Å². The van der Waals surface area contributed by atoms with E-state index in [0.717, 1.165) is 25.2 Å². The van der Waals surface area contributed by atoms with E-state index in [2.05, 4.69) is 18.6 Å². The molecule has 1 aromatic rings. The van der Waals surface area contributed by atoms with Crippen LogP contribution in [0, 0.1) is 12.8 Å². The normalized spacial score (nSPS) is 12.2. The Morgan fingerprint density at radius 1 is 1.24 bits per heavy atom. The zero-order valence-electron chi connectivity index (χ0n) is 13.2. The minimum Gasteiger partial charge on any atom is -0.391 e. The summed E-state index contributed by atoms with van der Waals surface area (Å²) in [6.07, 6.45) is 5.50. The van der Waals surface area contributed by atoms with Crippen LogP contribution >= 0.6 is 11.3 Å². The molecule has 6 heteroatoms. The third kappa shape index (κ3) is 6.06. The molecular formula is C15H27NO3S2. The van der Waals surface area contributed by atoms with E-state index in [4.69, 9.17) is 0 Å². The molecule has 0 saturated heterocycles. The molecular weight excluding hydrogens is 306 g/mol. The number of hydrogen-bond donors (Lipinski definition) is 2. The lowest BCUT2D eigenvalue weighted by molar-refractivity contribution is 0.282. The van der Waals surface area contributed by atoms with Gasteiger partial charge in [-0.05, 0) is 30.2 Å². The molecule has 0 aromatic carbocycles. The summed E-state index contributed by atoms with van der Waals surface area (Å²) >= 11 is 1.29. The highest BCUT2D eigenvalue weighted by molar-refractivity contribution is 7.89.